The molecule has 3 unspecified atom stereocenters. The van der Waals surface area contributed by atoms with E-state index in [1.54, 1.807) is 0 Å². The van der Waals surface area contributed by atoms with Crippen molar-refractivity contribution in [2.24, 2.45) is 17.8 Å². The molecule has 6 heteroatoms. The van der Waals surface area contributed by atoms with Crippen molar-refractivity contribution >= 4 is 5.97 Å². The van der Waals surface area contributed by atoms with Crippen LogP contribution in [0.25, 0.3) is 0 Å². The van der Waals surface area contributed by atoms with Gasteiger partial charge in [0.1, 0.15) is 6.10 Å². The normalized spacial score (nSPS) is 37.4. The van der Waals surface area contributed by atoms with E-state index in [9.17, 15) is 4.79 Å². The van der Waals surface area contributed by atoms with E-state index >= 15 is 0 Å². The van der Waals surface area contributed by atoms with E-state index in [1.807, 2.05) is 0 Å². The van der Waals surface area contributed by atoms with Crippen molar-refractivity contribution in [2.75, 3.05) is 13.2 Å². The third-order valence-corrected chi connectivity index (χ3v) is 7.56. The molecule has 4 fully saturated rings. The number of carbonyl (C=O) groups is 1. The zero-order chi connectivity index (χ0) is 22.3. The number of esters is 1. The predicted octanol–water partition coefficient (Wildman–Crippen LogP) is 5.14. The first-order valence-corrected chi connectivity index (χ1v) is 13.1. The quantitative estimate of drug-likeness (QED) is 0.339. The van der Waals surface area contributed by atoms with Gasteiger partial charge in [-0.3, -0.25) is 4.79 Å². The highest BCUT2D eigenvalue weighted by molar-refractivity contribution is 5.72. The zero-order valence-corrected chi connectivity index (χ0v) is 19.9. The average Bonchev–Trinajstić information content (AvgIpc) is 3.31. The van der Waals surface area contributed by atoms with Crippen LogP contribution in [0, 0.1) is 17.8 Å². The van der Waals surface area contributed by atoms with E-state index in [-0.39, 0.29) is 48.7 Å². The van der Waals surface area contributed by atoms with Crippen LogP contribution in [-0.2, 0) is 28.5 Å². The van der Waals surface area contributed by atoms with Gasteiger partial charge in [-0.05, 0) is 50.9 Å². The number of fused-ring (bicyclic) bond motifs is 1. The Balaban J connectivity index is 1.45. The van der Waals surface area contributed by atoms with E-state index in [4.69, 9.17) is 23.7 Å². The summed E-state index contributed by atoms with van der Waals surface area (Å²) in [5.74, 6) is 0.667. The summed E-state index contributed by atoms with van der Waals surface area (Å²) in [5.41, 5.74) is 0. The minimum atomic E-state index is -0.134. The molecule has 0 radical (unpaired) electrons. The summed E-state index contributed by atoms with van der Waals surface area (Å²) < 4.78 is 30.2. The molecule has 182 valence electrons. The second-order valence-electron chi connectivity index (χ2n) is 10.1. The molecule has 6 nitrogen and oxygen atoms in total. The molecule has 3 aliphatic heterocycles. The summed E-state index contributed by atoms with van der Waals surface area (Å²) in [6, 6.07) is 0. The largest absolute Gasteiger partial charge is 0.462 e. The molecule has 0 spiro atoms. The van der Waals surface area contributed by atoms with E-state index in [2.05, 4.69) is 26.0 Å². The van der Waals surface area contributed by atoms with Crippen molar-refractivity contribution in [3.05, 3.63) is 12.2 Å². The topological polar surface area (TPSA) is 63.2 Å². The molecule has 8 atom stereocenters. The first-order chi connectivity index (χ1) is 15.6. The van der Waals surface area contributed by atoms with Crippen LogP contribution in [0.5, 0.6) is 0 Å². The number of carbonyl (C=O) groups excluding carboxylic acids is 1. The molecule has 32 heavy (non-hydrogen) atoms. The molecule has 0 bridgehead atoms. The van der Waals surface area contributed by atoms with Crippen molar-refractivity contribution in [1.29, 1.82) is 0 Å². The van der Waals surface area contributed by atoms with Gasteiger partial charge in [-0.25, -0.2) is 0 Å². The number of hydrogen-bond donors (Lipinski definition) is 0. The van der Waals surface area contributed by atoms with Crippen LogP contribution >= 0.6 is 0 Å². The molecule has 1 saturated carbocycles. The van der Waals surface area contributed by atoms with Crippen molar-refractivity contribution in [3.63, 3.8) is 0 Å². The minimum absolute atomic E-state index is 0.00769. The standard InChI is InChI=1S/C26H42O6/c1-3-4-9-18(2)21(31-25-10-5-7-14-28-25)13-12-19-20-16-24(27)30-23(20)17-22(19)32-26-11-6-8-15-29-26/h12-13,18-23,25-26H,3-11,14-17H2,1-2H3/b13-12+/t18?,19-,20-,21-,22-,23+,25?,26?/m0/s1. The maximum absolute atomic E-state index is 12.0. The molecule has 0 aromatic rings. The zero-order valence-electron chi connectivity index (χ0n) is 19.9. The SMILES string of the molecule is CCCCC(C)[C@H](/C=C/[C@H]1[C@@H]2CC(=O)O[C@@H]2C[C@@H]1OC1CCCCO1)OC1CCCCO1. The van der Waals surface area contributed by atoms with Gasteiger partial charge >= 0.3 is 5.97 Å². The Morgan fingerprint density at radius 1 is 1.09 bits per heavy atom. The molecular formula is C26H42O6. The van der Waals surface area contributed by atoms with Gasteiger partial charge < -0.3 is 23.7 Å². The Kier molecular flexibility index (Phi) is 9.04. The molecular weight excluding hydrogens is 408 g/mol. The molecule has 3 heterocycles. The van der Waals surface area contributed by atoms with Gasteiger partial charge in [-0.15, -0.1) is 0 Å². The van der Waals surface area contributed by atoms with Gasteiger partial charge in [0.25, 0.3) is 0 Å². The van der Waals surface area contributed by atoms with E-state index in [0.29, 0.717) is 12.3 Å². The van der Waals surface area contributed by atoms with E-state index in [1.165, 1.54) is 12.8 Å². The van der Waals surface area contributed by atoms with Crippen LogP contribution in [0.2, 0.25) is 0 Å². The van der Waals surface area contributed by atoms with Gasteiger partial charge in [-0.1, -0.05) is 38.8 Å². The molecule has 0 amide bonds. The van der Waals surface area contributed by atoms with Crippen LogP contribution in [0.1, 0.15) is 84.5 Å². The lowest BCUT2D eigenvalue weighted by atomic mass is 9.89. The van der Waals surface area contributed by atoms with Crippen LogP contribution in [-0.4, -0.2) is 50.1 Å². The summed E-state index contributed by atoms with van der Waals surface area (Å²) in [5, 5.41) is 0. The predicted molar refractivity (Wildman–Crippen MR) is 121 cm³/mol. The number of unbranched alkanes of at least 4 members (excludes halogenated alkanes) is 1. The number of ether oxygens (including phenoxy) is 5. The van der Waals surface area contributed by atoms with Gasteiger partial charge in [0, 0.05) is 31.5 Å². The highest BCUT2D eigenvalue weighted by Crippen LogP contribution is 2.44. The lowest BCUT2D eigenvalue weighted by molar-refractivity contribution is -0.194. The second-order valence-corrected chi connectivity index (χ2v) is 10.1. The highest BCUT2D eigenvalue weighted by atomic mass is 16.7. The highest BCUT2D eigenvalue weighted by Gasteiger charge is 2.50. The molecule has 0 aromatic heterocycles. The average molecular weight is 451 g/mol. The van der Waals surface area contributed by atoms with E-state index in [0.717, 1.165) is 64.6 Å². The fraction of sp³-hybridized carbons (Fsp3) is 0.885. The third-order valence-electron chi connectivity index (χ3n) is 7.56. The Bertz CT molecular complexity index is 609. The fourth-order valence-electron chi connectivity index (χ4n) is 5.61. The van der Waals surface area contributed by atoms with E-state index < -0.39 is 0 Å². The van der Waals surface area contributed by atoms with Crippen LogP contribution in [0.3, 0.4) is 0 Å². The van der Waals surface area contributed by atoms with Gasteiger partial charge in [-0.2, -0.15) is 0 Å². The van der Waals surface area contributed by atoms with Gasteiger partial charge in [0.15, 0.2) is 12.6 Å². The van der Waals surface area contributed by atoms with Crippen molar-refractivity contribution in [2.45, 2.75) is 115 Å². The third kappa shape index (κ3) is 6.34. The summed E-state index contributed by atoms with van der Waals surface area (Å²) in [4.78, 5) is 12.0. The molecule has 0 N–H and O–H groups in total. The van der Waals surface area contributed by atoms with Crippen LogP contribution < -0.4 is 0 Å². The van der Waals surface area contributed by atoms with Gasteiger partial charge in [0.2, 0.25) is 0 Å². The number of hydrogen-bond acceptors (Lipinski definition) is 6. The lowest BCUT2D eigenvalue weighted by Crippen LogP contribution is -2.32. The van der Waals surface area contributed by atoms with Gasteiger partial charge in [0.05, 0.1) is 18.6 Å². The first-order valence-electron chi connectivity index (χ1n) is 13.1. The maximum atomic E-state index is 12.0. The fourth-order valence-corrected chi connectivity index (χ4v) is 5.61. The summed E-state index contributed by atoms with van der Waals surface area (Å²) in [6.07, 6.45) is 15.4. The monoisotopic (exact) mass is 450 g/mol. The summed E-state index contributed by atoms with van der Waals surface area (Å²) >= 11 is 0. The Labute approximate surface area is 193 Å². The summed E-state index contributed by atoms with van der Waals surface area (Å²) in [7, 11) is 0. The Morgan fingerprint density at radius 2 is 1.84 bits per heavy atom. The Morgan fingerprint density at radius 3 is 2.53 bits per heavy atom. The lowest BCUT2D eigenvalue weighted by Gasteiger charge is -2.31. The van der Waals surface area contributed by atoms with Crippen LogP contribution in [0.15, 0.2) is 12.2 Å². The van der Waals surface area contributed by atoms with Crippen LogP contribution in [0.4, 0.5) is 0 Å². The molecule has 0 aromatic carbocycles. The first kappa shape index (κ1) is 24.2. The van der Waals surface area contributed by atoms with Crippen molar-refractivity contribution in [1.82, 2.24) is 0 Å². The Hall–Kier alpha value is -0.950. The molecule has 4 rings (SSSR count). The second kappa shape index (κ2) is 12.0. The molecule has 4 aliphatic rings. The van der Waals surface area contributed by atoms with Crippen molar-refractivity contribution in [3.8, 4) is 0 Å². The molecule has 3 saturated heterocycles. The maximum Gasteiger partial charge on any atom is 0.306 e. The smallest absolute Gasteiger partial charge is 0.306 e. The summed E-state index contributed by atoms with van der Waals surface area (Å²) in [6.45, 7) is 6.06. The van der Waals surface area contributed by atoms with Crippen molar-refractivity contribution < 1.29 is 28.5 Å². The minimum Gasteiger partial charge on any atom is -0.462 e. The molecule has 1 aliphatic carbocycles. The number of rotatable bonds is 10.